The molecule has 0 radical (unpaired) electrons. The van der Waals surface area contributed by atoms with Crippen molar-refractivity contribution in [1.29, 1.82) is 0 Å². The maximum absolute atomic E-state index is 11.1. The van der Waals surface area contributed by atoms with Crippen LogP contribution in [0, 0.1) is 11.3 Å². The fourth-order valence-corrected chi connectivity index (χ4v) is 1.65. The number of ketones is 1. The molecule has 1 rings (SSSR count). The van der Waals surface area contributed by atoms with Crippen LogP contribution in [0.4, 0.5) is 0 Å². The summed E-state index contributed by atoms with van der Waals surface area (Å²) in [5, 5.41) is 0. The van der Waals surface area contributed by atoms with Gasteiger partial charge in [0.15, 0.2) is 0 Å². The lowest BCUT2D eigenvalue weighted by atomic mass is 9.90. The summed E-state index contributed by atoms with van der Waals surface area (Å²) in [5.41, 5.74) is -0.0145. The van der Waals surface area contributed by atoms with Crippen LogP contribution in [0.5, 0.6) is 0 Å². The maximum Gasteiger partial charge on any atom is 0.138 e. The van der Waals surface area contributed by atoms with Crippen molar-refractivity contribution in [1.82, 2.24) is 0 Å². The summed E-state index contributed by atoms with van der Waals surface area (Å²) < 4.78 is 0. The first-order valence-electron chi connectivity index (χ1n) is 3.56. The third kappa shape index (κ3) is 1.15. The van der Waals surface area contributed by atoms with Crippen molar-refractivity contribution in [2.45, 2.75) is 33.6 Å². The molecule has 0 saturated heterocycles. The second kappa shape index (κ2) is 1.83. The topological polar surface area (TPSA) is 17.1 Å². The van der Waals surface area contributed by atoms with Gasteiger partial charge in [0.05, 0.1) is 0 Å². The minimum Gasteiger partial charge on any atom is -0.299 e. The van der Waals surface area contributed by atoms with Gasteiger partial charge in [-0.05, 0) is 12.3 Å². The zero-order chi connectivity index (χ0) is 7.07. The van der Waals surface area contributed by atoms with Gasteiger partial charge in [0.25, 0.3) is 0 Å². The molecule has 52 valence electrons. The summed E-state index contributed by atoms with van der Waals surface area (Å²) in [6, 6.07) is 0. The zero-order valence-electron chi connectivity index (χ0n) is 6.40. The standard InChI is InChI=1S/C8H14O/c1-6-4-7(9)8(2,3)5-6/h6H,4-5H2,1-3H3. The van der Waals surface area contributed by atoms with Gasteiger partial charge < -0.3 is 0 Å². The Bertz CT molecular complexity index is 136. The molecule has 0 spiro atoms. The normalized spacial score (nSPS) is 33.2. The fraction of sp³-hybridized carbons (Fsp3) is 0.875. The van der Waals surface area contributed by atoms with Crippen molar-refractivity contribution >= 4 is 5.78 Å². The molecule has 1 unspecified atom stereocenters. The van der Waals surface area contributed by atoms with Crippen molar-refractivity contribution in [3.8, 4) is 0 Å². The van der Waals surface area contributed by atoms with E-state index in [0.717, 1.165) is 12.8 Å². The monoisotopic (exact) mass is 126 g/mol. The zero-order valence-corrected chi connectivity index (χ0v) is 6.40. The summed E-state index contributed by atoms with van der Waals surface area (Å²) in [5.74, 6) is 1.06. The lowest BCUT2D eigenvalue weighted by Gasteiger charge is -2.13. The highest BCUT2D eigenvalue weighted by molar-refractivity contribution is 5.86. The quantitative estimate of drug-likeness (QED) is 0.485. The molecule has 0 bridgehead atoms. The molecule has 0 heterocycles. The predicted octanol–water partition coefficient (Wildman–Crippen LogP) is 2.01. The van der Waals surface area contributed by atoms with Gasteiger partial charge in [0.2, 0.25) is 0 Å². The minimum absolute atomic E-state index is 0.0145. The van der Waals surface area contributed by atoms with E-state index < -0.39 is 0 Å². The molecular formula is C8H14O. The Morgan fingerprint density at radius 1 is 1.56 bits per heavy atom. The number of hydrogen-bond donors (Lipinski definition) is 0. The molecule has 9 heavy (non-hydrogen) atoms. The first-order chi connectivity index (χ1) is 4.02. The van der Waals surface area contributed by atoms with Gasteiger partial charge in [0.1, 0.15) is 5.78 Å². The number of rotatable bonds is 0. The van der Waals surface area contributed by atoms with Crippen LogP contribution in [0.1, 0.15) is 33.6 Å². The Balaban J connectivity index is 2.70. The molecular weight excluding hydrogens is 112 g/mol. The van der Waals surface area contributed by atoms with E-state index in [4.69, 9.17) is 0 Å². The summed E-state index contributed by atoms with van der Waals surface area (Å²) in [4.78, 5) is 11.1. The van der Waals surface area contributed by atoms with Gasteiger partial charge in [-0.25, -0.2) is 0 Å². The first kappa shape index (κ1) is 6.79. The largest absolute Gasteiger partial charge is 0.299 e. The summed E-state index contributed by atoms with van der Waals surface area (Å²) in [6.45, 7) is 6.23. The Kier molecular flexibility index (Phi) is 1.38. The average molecular weight is 126 g/mol. The van der Waals surface area contributed by atoms with Crippen molar-refractivity contribution < 1.29 is 4.79 Å². The van der Waals surface area contributed by atoms with Crippen LogP contribution in [0.25, 0.3) is 0 Å². The Morgan fingerprint density at radius 2 is 2.11 bits per heavy atom. The first-order valence-corrected chi connectivity index (χ1v) is 3.56. The van der Waals surface area contributed by atoms with Gasteiger partial charge in [0, 0.05) is 11.8 Å². The van der Waals surface area contributed by atoms with E-state index >= 15 is 0 Å². The van der Waals surface area contributed by atoms with Crippen LogP contribution in [0.3, 0.4) is 0 Å². The third-order valence-corrected chi connectivity index (χ3v) is 2.15. The maximum atomic E-state index is 11.1. The SMILES string of the molecule is CC1CC(=O)C(C)(C)C1. The fourth-order valence-electron chi connectivity index (χ4n) is 1.65. The van der Waals surface area contributed by atoms with E-state index in [1.165, 1.54) is 0 Å². The van der Waals surface area contributed by atoms with Crippen LogP contribution >= 0.6 is 0 Å². The Hall–Kier alpha value is -0.330. The van der Waals surface area contributed by atoms with Crippen molar-refractivity contribution in [3.05, 3.63) is 0 Å². The second-order valence-corrected chi connectivity index (χ2v) is 3.82. The van der Waals surface area contributed by atoms with E-state index in [1.807, 2.05) is 13.8 Å². The van der Waals surface area contributed by atoms with Crippen LogP contribution < -0.4 is 0 Å². The third-order valence-electron chi connectivity index (χ3n) is 2.15. The van der Waals surface area contributed by atoms with Gasteiger partial charge in [-0.1, -0.05) is 20.8 Å². The molecule has 1 aliphatic rings. The van der Waals surface area contributed by atoms with Crippen LogP contribution in [-0.4, -0.2) is 5.78 Å². The molecule has 0 aromatic rings. The lowest BCUT2D eigenvalue weighted by molar-refractivity contribution is -0.124. The molecule has 1 fully saturated rings. The molecule has 0 aliphatic heterocycles. The molecule has 0 amide bonds. The highest BCUT2D eigenvalue weighted by Gasteiger charge is 2.36. The predicted molar refractivity (Wildman–Crippen MR) is 37.2 cm³/mol. The molecule has 0 N–H and O–H groups in total. The van der Waals surface area contributed by atoms with E-state index in [0.29, 0.717) is 11.7 Å². The highest BCUT2D eigenvalue weighted by atomic mass is 16.1. The summed E-state index contributed by atoms with van der Waals surface area (Å²) in [7, 11) is 0. The van der Waals surface area contributed by atoms with E-state index in [-0.39, 0.29) is 5.41 Å². The van der Waals surface area contributed by atoms with Crippen molar-refractivity contribution in [3.63, 3.8) is 0 Å². The second-order valence-electron chi connectivity index (χ2n) is 3.82. The highest BCUT2D eigenvalue weighted by Crippen LogP contribution is 2.37. The molecule has 1 nitrogen and oxygen atoms in total. The number of carbonyl (C=O) groups is 1. The molecule has 1 heteroatoms. The molecule has 0 aromatic heterocycles. The van der Waals surface area contributed by atoms with Crippen LogP contribution in [-0.2, 0) is 4.79 Å². The molecule has 0 aromatic carbocycles. The van der Waals surface area contributed by atoms with Gasteiger partial charge in [-0.15, -0.1) is 0 Å². The smallest absolute Gasteiger partial charge is 0.138 e. The summed E-state index contributed by atoms with van der Waals surface area (Å²) >= 11 is 0. The summed E-state index contributed by atoms with van der Waals surface area (Å²) in [6.07, 6.45) is 1.87. The minimum atomic E-state index is -0.0145. The average Bonchev–Trinajstić information content (AvgIpc) is 1.79. The molecule has 1 saturated carbocycles. The van der Waals surface area contributed by atoms with E-state index in [2.05, 4.69) is 6.92 Å². The van der Waals surface area contributed by atoms with Crippen molar-refractivity contribution in [2.75, 3.05) is 0 Å². The number of carbonyl (C=O) groups excluding carboxylic acids is 1. The van der Waals surface area contributed by atoms with E-state index in [9.17, 15) is 4.79 Å². The van der Waals surface area contributed by atoms with Gasteiger partial charge in [-0.2, -0.15) is 0 Å². The number of hydrogen-bond acceptors (Lipinski definition) is 1. The molecule has 1 atom stereocenters. The van der Waals surface area contributed by atoms with Gasteiger partial charge >= 0.3 is 0 Å². The van der Waals surface area contributed by atoms with Crippen molar-refractivity contribution in [2.24, 2.45) is 11.3 Å². The Morgan fingerprint density at radius 3 is 2.22 bits per heavy atom. The molecule has 1 aliphatic carbocycles. The van der Waals surface area contributed by atoms with E-state index in [1.54, 1.807) is 0 Å². The Labute approximate surface area is 56.4 Å². The van der Waals surface area contributed by atoms with Gasteiger partial charge in [-0.3, -0.25) is 4.79 Å². The number of Topliss-reactive ketones (excluding diaryl/α,β-unsaturated/α-hetero) is 1. The van der Waals surface area contributed by atoms with Crippen LogP contribution in [0.2, 0.25) is 0 Å². The lowest BCUT2D eigenvalue weighted by Crippen LogP contribution is -2.15. The van der Waals surface area contributed by atoms with Crippen LogP contribution in [0.15, 0.2) is 0 Å².